The van der Waals surface area contributed by atoms with E-state index in [4.69, 9.17) is 0 Å². The van der Waals surface area contributed by atoms with E-state index in [0.717, 1.165) is 10.4 Å². The number of rotatable bonds is 5. The number of nitrogens with zero attached hydrogens (tertiary/aromatic N) is 2. The van der Waals surface area contributed by atoms with Crippen molar-refractivity contribution in [2.75, 3.05) is 0 Å². The zero-order chi connectivity index (χ0) is 17.8. The van der Waals surface area contributed by atoms with Gasteiger partial charge in [0.05, 0.1) is 4.88 Å². The van der Waals surface area contributed by atoms with Crippen molar-refractivity contribution in [2.45, 2.75) is 19.5 Å². The second-order valence-corrected chi connectivity index (χ2v) is 6.45. The first kappa shape index (κ1) is 17.0. The number of nitrogens with one attached hydrogen (secondary N) is 1. The van der Waals surface area contributed by atoms with Crippen LogP contribution in [0.15, 0.2) is 58.7 Å². The van der Waals surface area contributed by atoms with Crippen LogP contribution in [-0.2, 0) is 11.3 Å². The van der Waals surface area contributed by atoms with Crippen molar-refractivity contribution in [3.8, 4) is 10.6 Å². The standard InChI is InChI=1S/C18H16FN3O2S/c1-12(18(24)20-11-13-4-6-14(19)7-5-13)22-17(23)9-8-15(21-22)16-3-2-10-25-16/h2-10,12H,11H2,1H3,(H,20,24). The molecule has 0 saturated heterocycles. The van der Waals surface area contributed by atoms with Crippen molar-refractivity contribution in [2.24, 2.45) is 0 Å². The van der Waals surface area contributed by atoms with E-state index in [2.05, 4.69) is 10.4 Å². The van der Waals surface area contributed by atoms with Crippen LogP contribution in [0.3, 0.4) is 0 Å². The minimum Gasteiger partial charge on any atom is -0.350 e. The third-order valence-electron chi connectivity index (χ3n) is 3.72. The molecule has 1 aromatic carbocycles. The molecule has 0 aliphatic rings. The maximum absolute atomic E-state index is 12.9. The summed E-state index contributed by atoms with van der Waals surface area (Å²) in [5, 5.41) is 8.97. The fraction of sp³-hybridized carbons (Fsp3) is 0.167. The summed E-state index contributed by atoms with van der Waals surface area (Å²) >= 11 is 1.51. The van der Waals surface area contributed by atoms with Crippen LogP contribution >= 0.6 is 11.3 Å². The van der Waals surface area contributed by atoms with Gasteiger partial charge in [0.1, 0.15) is 17.6 Å². The number of carbonyl (C=O) groups excluding carboxylic acids is 1. The Hall–Kier alpha value is -2.80. The highest BCUT2D eigenvalue weighted by Crippen LogP contribution is 2.21. The number of thiophene rings is 1. The fourth-order valence-corrected chi connectivity index (χ4v) is 3.00. The van der Waals surface area contributed by atoms with Gasteiger partial charge in [0.15, 0.2) is 0 Å². The van der Waals surface area contributed by atoms with Crippen molar-refractivity contribution in [3.05, 3.63) is 75.6 Å². The lowest BCUT2D eigenvalue weighted by molar-refractivity contribution is -0.124. The number of hydrogen-bond donors (Lipinski definition) is 1. The molecular formula is C18H16FN3O2S. The first-order valence-electron chi connectivity index (χ1n) is 7.70. The molecule has 3 rings (SSSR count). The SMILES string of the molecule is CC(C(=O)NCc1ccc(F)cc1)n1nc(-c2cccs2)ccc1=O. The molecule has 0 aliphatic heterocycles. The molecule has 1 amide bonds. The largest absolute Gasteiger partial charge is 0.350 e. The van der Waals surface area contributed by atoms with E-state index >= 15 is 0 Å². The summed E-state index contributed by atoms with van der Waals surface area (Å²) in [5.41, 5.74) is 1.08. The van der Waals surface area contributed by atoms with Crippen LogP contribution in [0.1, 0.15) is 18.5 Å². The number of carbonyl (C=O) groups is 1. The van der Waals surface area contributed by atoms with Crippen LogP contribution in [0.2, 0.25) is 0 Å². The Morgan fingerprint density at radius 2 is 2.00 bits per heavy atom. The molecule has 0 spiro atoms. The molecule has 1 N–H and O–H groups in total. The van der Waals surface area contributed by atoms with Crippen molar-refractivity contribution in [1.82, 2.24) is 15.1 Å². The van der Waals surface area contributed by atoms with Gasteiger partial charge in [0, 0.05) is 12.6 Å². The van der Waals surface area contributed by atoms with E-state index in [1.54, 1.807) is 25.1 Å². The second kappa shape index (κ2) is 7.40. The first-order chi connectivity index (χ1) is 12.0. The van der Waals surface area contributed by atoms with Gasteiger partial charge in [-0.1, -0.05) is 18.2 Å². The zero-order valence-electron chi connectivity index (χ0n) is 13.5. The highest BCUT2D eigenvalue weighted by atomic mass is 32.1. The third kappa shape index (κ3) is 4.00. The third-order valence-corrected chi connectivity index (χ3v) is 4.62. The van der Waals surface area contributed by atoms with Crippen LogP contribution in [0.4, 0.5) is 4.39 Å². The van der Waals surface area contributed by atoms with E-state index < -0.39 is 6.04 Å². The topological polar surface area (TPSA) is 64.0 Å². The van der Waals surface area contributed by atoms with Crippen molar-refractivity contribution < 1.29 is 9.18 Å². The second-order valence-electron chi connectivity index (χ2n) is 5.50. The number of hydrogen-bond acceptors (Lipinski definition) is 4. The Kier molecular flexibility index (Phi) is 5.04. The summed E-state index contributed by atoms with van der Waals surface area (Å²) in [5.74, 6) is -0.660. The normalized spacial score (nSPS) is 11.9. The predicted octanol–water partition coefficient (Wildman–Crippen LogP) is 2.99. The molecule has 0 saturated carbocycles. The van der Waals surface area contributed by atoms with E-state index in [-0.39, 0.29) is 23.8 Å². The molecular weight excluding hydrogens is 341 g/mol. The molecule has 1 atom stereocenters. The van der Waals surface area contributed by atoms with Gasteiger partial charge in [-0.25, -0.2) is 9.07 Å². The monoisotopic (exact) mass is 357 g/mol. The van der Waals surface area contributed by atoms with Crippen LogP contribution < -0.4 is 10.9 Å². The molecule has 5 nitrogen and oxygen atoms in total. The molecule has 7 heteroatoms. The van der Waals surface area contributed by atoms with Crippen LogP contribution in [0.5, 0.6) is 0 Å². The van der Waals surface area contributed by atoms with Crippen LogP contribution in [0, 0.1) is 5.82 Å². The molecule has 1 unspecified atom stereocenters. The minimum atomic E-state index is -0.757. The van der Waals surface area contributed by atoms with Crippen LogP contribution in [0.25, 0.3) is 10.6 Å². The number of benzene rings is 1. The molecule has 3 aromatic rings. The summed E-state index contributed by atoms with van der Waals surface area (Å²) in [6.45, 7) is 1.87. The summed E-state index contributed by atoms with van der Waals surface area (Å²) < 4.78 is 14.1. The van der Waals surface area contributed by atoms with Gasteiger partial charge in [0.2, 0.25) is 5.91 Å². The predicted molar refractivity (Wildman–Crippen MR) is 94.8 cm³/mol. The molecule has 2 heterocycles. The lowest BCUT2D eigenvalue weighted by Gasteiger charge is -2.14. The molecule has 0 fully saturated rings. The van der Waals surface area contributed by atoms with E-state index in [1.165, 1.54) is 34.2 Å². The van der Waals surface area contributed by atoms with Crippen molar-refractivity contribution in [1.29, 1.82) is 0 Å². The quantitative estimate of drug-likeness (QED) is 0.763. The lowest BCUT2D eigenvalue weighted by Crippen LogP contribution is -2.36. The zero-order valence-corrected chi connectivity index (χ0v) is 14.3. The summed E-state index contributed by atoms with van der Waals surface area (Å²) in [6.07, 6.45) is 0. The number of halogens is 1. The molecule has 25 heavy (non-hydrogen) atoms. The van der Waals surface area contributed by atoms with Crippen LogP contribution in [-0.4, -0.2) is 15.7 Å². The molecule has 0 radical (unpaired) electrons. The van der Waals surface area contributed by atoms with E-state index in [9.17, 15) is 14.0 Å². The van der Waals surface area contributed by atoms with Gasteiger partial charge in [-0.2, -0.15) is 5.10 Å². The maximum atomic E-state index is 12.9. The average Bonchev–Trinajstić information content (AvgIpc) is 3.15. The van der Waals surface area contributed by atoms with Gasteiger partial charge in [-0.15, -0.1) is 11.3 Å². The van der Waals surface area contributed by atoms with Gasteiger partial charge in [-0.05, 0) is 42.1 Å². The van der Waals surface area contributed by atoms with Crippen molar-refractivity contribution >= 4 is 17.2 Å². The Morgan fingerprint density at radius 3 is 2.68 bits per heavy atom. The van der Waals surface area contributed by atoms with Gasteiger partial charge in [-0.3, -0.25) is 9.59 Å². The summed E-state index contributed by atoms with van der Waals surface area (Å²) in [7, 11) is 0. The Balaban J connectivity index is 1.74. The van der Waals surface area contributed by atoms with E-state index in [1.807, 2.05) is 17.5 Å². The highest BCUT2D eigenvalue weighted by Gasteiger charge is 2.18. The first-order valence-corrected chi connectivity index (χ1v) is 8.58. The molecule has 128 valence electrons. The van der Waals surface area contributed by atoms with Gasteiger partial charge in [0.25, 0.3) is 5.56 Å². The molecule has 0 aliphatic carbocycles. The highest BCUT2D eigenvalue weighted by molar-refractivity contribution is 7.13. The molecule has 0 bridgehead atoms. The molecule has 2 aromatic heterocycles. The summed E-state index contributed by atoms with van der Waals surface area (Å²) in [4.78, 5) is 25.4. The minimum absolute atomic E-state index is 0.253. The smallest absolute Gasteiger partial charge is 0.267 e. The maximum Gasteiger partial charge on any atom is 0.267 e. The Bertz CT molecular complexity index is 920. The van der Waals surface area contributed by atoms with Gasteiger partial charge < -0.3 is 5.32 Å². The Morgan fingerprint density at radius 1 is 1.24 bits per heavy atom. The number of aromatic nitrogens is 2. The fourth-order valence-electron chi connectivity index (χ4n) is 2.31. The van der Waals surface area contributed by atoms with Gasteiger partial charge >= 0.3 is 0 Å². The lowest BCUT2D eigenvalue weighted by atomic mass is 10.2. The number of amides is 1. The van der Waals surface area contributed by atoms with Crippen molar-refractivity contribution in [3.63, 3.8) is 0 Å². The Labute approximate surface area is 147 Å². The van der Waals surface area contributed by atoms with E-state index in [0.29, 0.717) is 5.69 Å². The average molecular weight is 357 g/mol. The summed E-state index contributed by atoms with van der Waals surface area (Å²) in [6, 6.07) is 12.0.